The number of guanidine groups is 1. The largest absolute Gasteiger partial charge is 0.352 e. The van der Waals surface area contributed by atoms with Crippen molar-refractivity contribution < 1.29 is 13.2 Å². The maximum atomic E-state index is 12.5. The van der Waals surface area contributed by atoms with Crippen LogP contribution in [0.15, 0.2) is 34.2 Å². The van der Waals surface area contributed by atoms with Crippen LogP contribution >= 0.6 is 0 Å². The van der Waals surface area contributed by atoms with E-state index in [0.717, 1.165) is 18.5 Å². The minimum Gasteiger partial charge on any atom is -0.352 e. The zero-order valence-corrected chi connectivity index (χ0v) is 18.8. The number of sulfonamides is 1. The summed E-state index contributed by atoms with van der Waals surface area (Å²) in [5.41, 5.74) is 0.952. The molecule has 0 bridgehead atoms. The van der Waals surface area contributed by atoms with Gasteiger partial charge in [-0.2, -0.15) is 4.31 Å². The van der Waals surface area contributed by atoms with E-state index in [0.29, 0.717) is 25.5 Å². The van der Waals surface area contributed by atoms with Crippen LogP contribution in [0.25, 0.3) is 0 Å². The Kier molecular flexibility index (Phi) is 8.04. The molecule has 29 heavy (non-hydrogen) atoms. The van der Waals surface area contributed by atoms with E-state index in [9.17, 15) is 13.2 Å². The first kappa shape index (κ1) is 23.2. The highest BCUT2D eigenvalue weighted by Crippen LogP contribution is 2.17. The molecule has 1 atom stereocenters. The number of hydrogen-bond acceptors (Lipinski definition) is 4. The molecule has 2 N–H and O–H groups in total. The lowest BCUT2D eigenvalue weighted by Crippen LogP contribution is -2.44. The van der Waals surface area contributed by atoms with Gasteiger partial charge in [0.05, 0.1) is 4.90 Å². The second-order valence-electron chi connectivity index (χ2n) is 7.51. The number of hydrogen-bond donors (Lipinski definition) is 2. The van der Waals surface area contributed by atoms with E-state index in [1.54, 1.807) is 38.4 Å². The Balaban J connectivity index is 1.91. The molecule has 8 nitrogen and oxygen atoms in total. The Labute approximate surface area is 174 Å². The van der Waals surface area contributed by atoms with Crippen molar-refractivity contribution in [2.75, 3.05) is 27.2 Å². The number of aliphatic imine (C=N–C) groups is 1. The first-order chi connectivity index (χ1) is 13.7. The van der Waals surface area contributed by atoms with Crippen molar-refractivity contribution in [2.24, 2.45) is 4.99 Å². The number of nitrogens with zero attached hydrogens (tertiary/aromatic N) is 3. The molecule has 1 saturated heterocycles. The lowest BCUT2D eigenvalue weighted by Gasteiger charge is -2.21. The van der Waals surface area contributed by atoms with E-state index < -0.39 is 10.0 Å². The highest BCUT2D eigenvalue weighted by molar-refractivity contribution is 7.89. The predicted molar refractivity (Wildman–Crippen MR) is 115 cm³/mol. The molecule has 1 unspecified atom stereocenters. The van der Waals surface area contributed by atoms with E-state index in [4.69, 9.17) is 0 Å². The van der Waals surface area contributed by atoms with Gasteiger partial charge in [-0.25, -0.2) is 8.42 Å². The normalized spacial score (nSPS) is 17.8. The van der Waals surface area contributed by atoms with Crippen LogP contribution in [-0.2, 0) is 21.4 Å². The molecule has 1 heterocycles. The lowest BCUT2D eigenvalue weighted by molar-refractivity contribution is -0.129. The minimum atomic E-state index is -3.48. The van der Waals surface area contributed by atoms with E-state index in [2.05, 4.69) is 15.6 Å². The van der Waals surface area contributed by atoms with Gasteiger partial charge in [0.15, 0.2) is 5.96 Å². The number of likely N-dealkylation sites (tertiary alicyclic amines) is 1. The van der Waals surface area contributed by atoms with E-state index in [1.807, 2.05) is 25.7 Å². The fourth-order valence-electron chi connectivity index (χ4n) is 3.13. The Morgan fingerprint density at radius 2 is 1.97 bits per heavy atom. The van der Waals surface area contributed by atoms with Crippen molar-refractivity contribution in [1.29, 1.82) is 0 Å². The summed E-state index contributed by atoms with van der Waals surface area (Å²) in [6.07, 6.45) is 1.42. The molecule has 1 aliphatic rings. The van der Waals surface area contributed by atoms with Crippen LogP contribution in [0.5, 0.6) is 0 Å². The molecule has 0 aromatic heterocycles. The topological polar surface area (TPSA) is 94.1 Å². The molecule has 0 spiro atoms. The molecule has 1 aromatic carbocycles. The van der Waals surface area contributed by atoms with Gasteiger partial charge in [0.25, 0.3) is 0 Å². The maximum absolute atomic E-state index is 12.5. The van der Waals surface area contributed by atoms with E-state index in [-0.39, 0.29) is 22.9 Å². The summed E-state index contributed by atoms with van der Waals surface area (Å²) < 4.78 is 26.4. The number of rotatable bonds is 7. The Bertz CT molecular complexity index is 821. The SMILES string of the molecule is CCC(=O)N1CCC(NC(=NC)NCc2ccc(S(=O)(=O)N(C)C(C)C)cc2)C1. The van der Waals surface area contributed by atoms with Crippen LogP contribution in [0, 0.1) is 0 Å². The average Bonchev–Trinajstić information content (AvgIpc) is 3.18. The van der Waals surface area contributed by atoms with Crippen LogP contribution in [0.4, 0.5) is 0 Å². The highest BCUT2D eigenvalue weighted by atomic mass is 32.2. The quantitative estimate of drug-likeness (QED) is 0.511. The van der Waals surface area contributed by atoms with E-state index in [1.165, 1.54) is 4.31 Å². The van der Waals surface area contributed by atoms with Crippen LogP contribution in [0.1, 0.15) is 39.2 Å². The Morgan fingerprint density at radius 1 is 1.31 bits per heavy atom. The van der Waals surface area contributed by atoms with Crippen LogP contribution in [0.2, 0.25) is 0 Å². The number of nitrogens with one attached hydrogen (secondary N) is 2. The Hall–Kier alpha value is -2.13. The number of benzene rings is 1. The van der Waals surface area contributed by atoms with Gasteiger partial charge >= 0.3 is 0 Å². The molecule has 9 heteroatoms. The van der Waals surface area contributed by atoms with Gasteiger partial charge in [0.2, 0.25) is 15.9 Å². The molecular weight excluding hydrogens is 390 g/mol. The van der Waals surface area contributed by atoms with Gasteiger partial charge in [-0.05, 0) is 38.0 Å². The summed E-state index contributed by atoms with van der Waals surface area (Å²) >= 11 is 0. The van der Waals surface area contributed by atoms with Gasteiger partial charge in [0, 0.05) is 52.2 Å². The lowest BCUT2D eigenvalue weighted by atomic mass is 10.2. The summed E-state index contributed by atoms with van der Waals surface area (Å²) in [5.74, 6) is 0.840. The fraction of sp³-hybridized carbons (Fsp3) is 0.600. The summed E-state index contributed by atoms with van der Waals surface area (Å²) in [4.78, 5) is 18.2. The standard InChI is InChI=1S/C20H33N5O3S/c1-6-19(26)25-12-11-17(14-25)23-20(21-4)22-13-16-7-9-18(10-8-16)29(27,28)24(5)15(2)3/h7-10,15,17H,6,11-14H2,1-5H3,(H2,21,22,23). The molecule has 0 saturated carbocycles. The molecule has 1 aliphatic heterocycles. The third-order valence-electron chi connectivity index (χ3n) is 5.20. The third kappa shape index (κ3) is 5.93. The number of carbonyl (C=O) groups excluding carboxylic acids is 1. The second kappa shape index (κ2) is 10.1. The van der Waals surface area contributed by atoms with Gasteiger partial charge < -0.3 is 15.5 Å². The summed E-state index contributed by atoms with van der Waals surface area (Å²) in [5, 5.41) is 6.60. The van der Waals surface area contributed by atoms with Gasteiger partial charge in [-0.3, -0.25) is 9.79 Å². The molecule has 2 rings (SSSR count). The van der Waals surface area contributed by atoms with Gasteiger partial charge in [-0.15, -0.1) is 0 Å². The molecule has 0 aliphatic carbocycles. The average molecular weight is 424 g/mol. The summed E-state index contributed by atoms with van der Waals surface area (Å²) in [6, 6.07) is 6.95. The van der Waals surface area contributed by atoms with Crippen LogP contribution < -0.4 is 10.6 Å². The van der Waals surface area contributed by atoms with Gasteiger partial charge in [-0.1, -0.05) is 19.1 Å². The summed E-state index contributed by atoms with van der Waals surface area (Å²) in [6.45, 7) is 7.53. The molecule has 1 amide bonds. The predicted octanol–water partition coefficient (Wildman–Crippen LogP) is 1.39. The van der Waals surface area contributed by atoms with E-state index >= 15 is 0 Å². The van der Waals surface area contributed by atoms with Gasteiger partial charge in [0.1, 0.15) is 0 Å². The van der Waals surface area contributed by atoms with Crippen molar-refractivity contribution >= 4 is 21.9 Å². The van der Waals surface area contributed by atoms with Crippen molar-refractivity contribution in [1.82, 2.24) is 19.8 Å². The smallest absolute Gasteiger partial charge is 0.243 e. The molecule has 1 aromatic rings. The third-order valence-corrected chi connectivity index (χ3v) is 7.24. The minimum absolute atomic E-state index is 0.102. The van der Waals surface area contributed by atoms with Crippen LogP contribution in [0.3, 0.4) is 0 Å². The molecule has 162 valence electrons. The van der Waals surface area contributed by atoms with Crippen molar-refractivity contribution in [3.8, 4) is 0 Å². The summed E-state index contributed by atoms with van der Waals surface area (Å²) in [7, 11) is -0.185. The zero-order valence-electron chi connectivity index (χ0n) is 18.0. The monoisotopic (exact) mass is 423 g/mol. The van der Waals surface area contributed by atoms with Crippen molar-refractivity contribution in [3.05, 3.63) is 29.8 Å². The molecule has 0 radical (unpaired) electrons. The zero-order chi connectivity index (χ0) is 21.6. The highest BCUT2D eigenvalue weighted by Gasteiger charge is 2.26. The van der Waals surface area contributed by atoms with Crippen LogP contribution in [-0.4, -0.2) is 68.8 Å². The molecule has 1 fully saturated rings. The van der Waals surface area contributed by atoms with Crippen molar-refractivity contribution in [2.45, 2.75) is 57.1 Å². The first-order valence-electron chi connectivity index (χ1n) is 10.0. The number of amides is 1. The number of carbonyl (C=O) groups is 1. The van der Waals surface area contributed by atoms with Crippen molar-refractivity contribution in [3.63, 3.8) is 0 Å². The fourth-order valence-corrected chi connectivity index (χ4v) is 4.49. The molecular formula is C20H33N5O3S. The maximum Gasteiger partial charge on any atom is 0.243 e. The Morgan fingerprint density at radius 3 is 2.52 bits per heavy atom. The second-order valence-corrected chi connectivity index (χ2v) is 9.51. The first-order valence-corrected chi connectivity index (χ1v) is 11.4.